The molecule has 1 fully saturated rings. The minimum absolute atomic E-state index is 0.106. The number of halogens is 3. The molecule has 0 aliphatic heterocycles. The molecule has 18 heavy (non-hydrogen) atoms. The molecule has 2 unspecified atom stereocenters. The summed E-state index contributed by atoms with van der Waals surface area (Å²) in [5, 5.41) is 3.29. The lowest BCUT2D eigenvalue weighted by molar-refractivity contribution is 0.344. The highest BCUT2D eigenvalue weighted by Gasteiger charge is 2.35. The largest absolute Gasteiger partial charge is 0.310 e. The van der Waals surface area contributed by atoms with Crippen LogP contribution in [0.15, 0.2) is 16.6 Å². The van der Waals surface area contributed by atoms with Gasteiger partial charge in [0.05, 0.1) is 4.47 Å². The lowest BCUT2D eigenvalue weighted by Gasteiger charge is -2.26. The van der Waals surface area contributed by atoms with E-state index in [1.807, 2.05) is 6.92 Å². The normalized spacial score (nSPS) is 18.7. The lowest BCUT2D eigenvalue weighted by Crippen LogP contribution is -2.29. The Bertz CT molecular complexity index is 432. The first kappa shape index (κ1) is 13.9. The molecule has 1 N–H and O–H groups in total. The Hall–Kier alpha value is -0.480. The maximum absolute atomic E-state index is 14.0. The van der Waals surface area contributed by atoms with Crippen LogP contribution in [0, 0.1) is 23.5 Å². The quantitative estimate of drug-likeness (QED) is 0.792. The van der Waals surface area contributed by atoms with E-state index < -0.39 is 5.82 Å². The van der Waals surface area contributed by atoms with Gasteiger partial charge in [-0.2, -0.15) is 0 Å². The van der Waals surface area contributed by atoms with Crippen LogP contribution in [0.5, 0.6) is 0 Å². The summed E-state index contributed by atoms with van der Waals surface area (Å²) in [5.74, 6) is 0.221. The second-order valence-electron chi connectivity index (χ2n) is 5.02. The van der Waals surface area contributed by atoms with Crippen molar-refractivity contribution < 1.29 is 8.78 Å². The molecule has 0 heterocycles. The van der Waals surface area contributed by atoms with Crippen molar-refractivity contribution in [3.05, 3.63) is 33.8 Å². The number of hydrogen-bond acceptors (Lipinski definition) is 1. The third-order valence-electron chi connectivity index (χ3n) is 3.69. The average molecular weight is 318 g/mol. The first-order chi connectivity index (χ1) is 8.54. The summed E-state index contributed by atoms with van der Waals surface area (Å²) in [6.45, 7) is 4.85. The van der Waals surface area contributed by atoms with Gasteiger partial charge in [-0.3, -0.25) is 0 Å². The van der Waals surface area contributed by atoms with E-state index in [4.69, 9.17) is 0 Å². The minimum atomic E-state index is -0.405. The standard InChI is InChI=1S/C14H18BrF2N/c1-3-18-14(8(2)9-4-5-9)10-6-13(17)11(15)7-12(10)16/h6-9,14,18H,3-5H2,1-2H3. The molecule has 100 valence electrons. The van der Waals surface area contributed by atoms with Crippen molar-refractivity contribution in [1.29, 1.82) is 0 Å². The smallest absolute Gasteiger partial charge is 0.137 e. The van der Waals surface area contributed by atoms with Crippen LogP contribution in [-0.4, -0.2) is 6.54 Å². The van der Waals surface area contributed by atoms with Gasteiger partial charge in [0, 0.05) is 11.6 Å². The van der Waals surface area contributed by atoms with Crippen LogP contribution in [0.3, 0.4) is 0 Å². The molecule has 0 spiro atoms. The highest BCUT2D eigenvalue weighted by Crippen LogP contribution is 2.43. The van der Waals surface area contributed by atoms with Crippen LogP contribution in [-0.2, 0) is 0 Å². The predicted molar refractivity (Wildman–Crippen MR) is 72.4 cm³/mol. The van der Waals surface area contributed by atoms with E-state index in [0.29, 0.717) is 17.4 Å². The summed E-state index contributed by atoms with van der Waals surface area (Å²) in [7, 11) is 0. The average Bonchev–Trinajstić information content (AvgIpc) is 3.14. The molecule has 0 amide bonds. The summed E-state index contributed by atoms with van der Waals surface area (Å²) < 4.78 is 27.8. The van der Waals surface area contributed by atoms with E-state index in [2.05, 4.69) is 28.2 Å². The Kier molecular flexibility index (Phi) is 4.38. The van der Waals surface area contributed by atoms with Gasteiger partial charge < -0.3 is 5.32 Å². The number of rotatable bonds is 5. The van der Waals surface area contributed by atoms with Crippen molar-refractivity contribution in [2.75, 3.05) is 6.54 Å². The highest BCUT2D eigenvalue weighted by atomic mass is 79.9. The Morgan fingerprint density at radius 1 is 1.33 bits per heavy atom. The van der Waals surface area contributed by atoms with Crippen molar-refractivity contribution in [3.63, 3.8) is 0 Å². The van der Waals surface area contributed by atoms with Gasteiger partial charge in [0.1, 0.15) is 11.6 Å². The van der Waals surface area contributed by atoms with Gasteiger partial charge in [-0.1, -0.05) is 13.8 Å². The second kappa shape index (κ2) is 5.66. The Labute approximate surface area is 115 Å². The topological polar surface area (TPSA) is 12.0 Å². The molecule has 1 nitrogen and oxygen atoms in total. The van der Waals surface area contributed by atoms with Gasteiger partial charge in [-0.25, -0.2) is 8.78 Å². The van der Waals surface area contributed by atoms with Gasteiger partial charge in [-0.15, -0.1) is 0 Å². The van der Waals surface area contributed by atoms with Crippen LogP contribution in [0.25, 0.3) is 0 Å². The maximum atomic E-state index is 14.0. The zero-order valence-electron chi connectivity index (χ0n) is 10.6. The van der Waals surface area contributed by atoms with Crippen molar-refractivity contribution in [2.45, 2.75) is 32.7 Å². The van der Waals surface area contributed by atoms with Gasteiger partial charge in [0.2, 0.25) is 0 Å². The Morgan fingerprint density at radius 3 is 2.56 bits per heavy atom. The summed E-state index contributed by atoms with van der Waals surface area (Å²) in [6.07, 6.45) is 2.40. The lowest BCUT2D eigenvalue weighted by atomic mass is 9.90. The van der Waals surface area contributed by atoms with Crippen molar-refractivity contribution >= 4 is 15.9 Å². The Morgan fingerprint density at radius 2 is 2.00 bits per heavy atom. The van der Waals surface area contributed by atoms with Crippen LogP contribution >= 0.6 is 15.9 Å². The monoisotopic (exact) mass is 317 g/mol. The third kappa shape index (κ3) is 2.91. The molecule has 4 heteroatoms. The Balaban J connectivity index is 2.32. The second-order valence-corrected chi connectivity index (χ2v) is 5.87. The number of benzene rings is 1. The van der Waals surface area contributed by atoms with Gasteiger partial charge in [0.25, 0.3) is 0 Å². The molecule has 2 rings (SSSR count). The van der Waals surface area contributed by atoms with Crippen LogP contribution < -0.4 is 5.32 Å². The molecule has 0 saturated heterocycles. The van der Waals surface area contributed by atoms with E-state index in [9.17, 15) is 8.78 Å². The zero-order valence-corrected chi connectivity index (χ0v) is 12.2. The van der Waals surface area contributed by atoms with E-state index in [1.165, 1.54) is 25.0 Å². The van der Waals surface area contributed by atoms with Crippen molar-refractivity contribution in [2.24, 2.45) is 11.8 Å². The fraction of sp³-hybridized carbons (Fsp3) is 0.571. The minimum Gasteiger partial charge on any atom is -0.310 e. The summed E-state index contributed by atoms with van der Waals surface area (Å²) in [6, 6.07) is 2.42. The molecule has 1 aromatic carbocycles. The van der Waals surface area contributed by atoms with E-state index in [1.54, 1.807) is 0 Å². The molecule has 0 radical (unpaired) electrons. The first-order valence-corrected chi connectivity index (χ1v) is 7.21. The molecule has 0 bridgehead atoms. The summed E-state index contributed by atoms with van der Waals surface area (Å²) in [5.41, 5.74) is 0.442. The first-order valence-electron chi connectivity index (χ1n) is 6.42. The SMILES string of the molecule is CCNC(c1cc(F)c(Br)cc1F)C(C)C1CC1. The van der Waals surface area contributed by atoms with Gasteiger partial charge in [0.15, 0.2) is 0 Å². The van der Waals surface area contributed by atoms with E-state index >= 15 is 0 Å². The fourth-order valence-corrected chi connectivity index (χ4v) is 2.78. The summed E-state index contributed by atoms with van der Waals surface area (Å²) >= 11 is 3.01. The summed E-state index contributed by atoms with van der Waals surface area (Å²) in [4.78, 5) is 0. The number of nitrogens with one attached hydrogen (secondary N) is 1. The van der Waals surface area contributed by atoms with Crippen LogP contribution in [0.2, 0.25) is 0 Å². The predicted octanol–water partition coefficient (Wildman–Crippen LogP) is 4.42. The molecule has 0 aromatic heterocycles. The highest BCUT2D eigenvalue weighted by molar-refractivity contribution is 9.10. The molecule has 1 aliphatic carbocycles. The molecular weight excluding hydrogens is 300 g/mol. The van der Waals surface area contributed by atoms with Gasteiger partial charge >= 0.3 is 0 Å². The van der Waals surface area contributed by atoms with E-state index in [0.717, 1.165) is 6.54 Å². The van der Waals surface area contributed by atoms with Crippen molar-refractivity contribution in [3.8, 4) is 0 Å². The molecular formula is C14H18BrF2N. The van der Waals surface area contributed by atoms with Crippen LogP contribution in [0.4, 0.5) is 8.78 Å². The fourth-order valence-electron chi connectivity index (χ4n) is 2.47. The van der Waals surface area contributed by atoms with Crippen molar-refractivity contribution in [1.82, 2.24) is 5.32 Å². The molecule has 2 atom stereocenters. The zero-order chi connectivity index (χ0) is 13.3. The molecule has 1 aliphatic rings. The third-order valence-corrected chi connectivity index (χ3v) is 4.30. The maximum Gasteiger partial charge on any atom is 0.137 e. The molecule has 1 aromatic rings. The number of hydrogen-bond donors (Lipinski definition) is 1. The molecule has 1 saturated carbocycles. The van der Waals surface area contributed by atoms with Crippen LogP contribution in [0.1, 0.15) is 38.3 Å². The van der Waals surface area contributed by atoms with E-state index in [-0.39, 0.29) is 16.3 Å². The van der Waals surface area contributed by atoms with Gasteiger partial charge in [-0.05, 0) is 59.3 Å².